The molecule has 0 aliphatic carbocycles. The number of aryl methyl sites for hydroxylation is 1. The van der Waals surface area contributed by atoms with Gasteiger partial charge < -0.3 is 10.1 Å². The molecule has 0 spiro atoms. The lowest BCUT2D eigenvalue weighted by Crippen LogP contribution is -2.40. The Balaban J connectivity index is 1.58. The van der Waals surface area contributed by atoms with Crippen LogP contribution in [0.15, 0.2) is 52.5 Å². The average molecular weight is 475 g/mol. The number of benzene rings is 2. The number of hydrogen-bond acceptors (Lipinski definition) is 8. The summed E-state index contributed by atoms with van der Waals surface area (Å²) in [6.45, 7) is 3.01. The zero-order valence-corrected chi connectivity index (χ0v) is 19.2. The maximum absolute atomic E-state index is 13.1. The first kappa shape index (κ1) is 22.4. The SMILES string of the molecule is CSc1nnnn1-c1cccc(NC(=O)c2ccc(C)c(S(=O)(=O)N3CCOCC3)c2)c1. The highest BCUT2D eigenvalue weighted by atomic mass is 32.2. The summed E-state index contributed by atoms with van der Waals surface area (Å²) in [5.74, 6) is -0.414. The summed E-state index contributed by atoms with van der Waals surface area (Å²) in [5.41, 5.74) is 2.06. The first-order valence-corrected chi connectivity index (χ1v) is 12.5. The minimum Gasteiger partial charge on any atom is -0.379 e. The maximum Gasteiger partial charge on any atom is 0.255 e. The zero-order chi connectivity index (χ0) is 22.7. The van der Waals surface area contributed by atoms with Crippen molar-refractivity contribution in [3.63, 3.8) is 0 Å². The molecular weight excluding hydrogens is 452 g/mol. The minimum absolute atomic E-state index is 0.124. The van der Waals surface area contributed by atoms with Crippen LogP contribution in [0.4, 0.5) is 5.69 Å². The molecule has 10 nitrogen and oxygen atoms in total. The summed E-state index contributed by atoms with van der Waals surface area (Å²) < 4.78 is 34.4. The molecule has 2 aromatic carbocycles. The van der Waals surface area contributed by atoms with Gasteiger partial charge in [0.15, 0.2) is 0 Å². The Hall–Kier alpha value is -2.80. The predicted octanol–water partition coefficient (Wildman–Crippen LogP) is 1.97. The standard InChI is InChI=1S/C20H22N6O4S2/c1-14-6-7-15(12-18(14)32(28,29)25-8-10-30-11-9-25)19(27)21-16-4-3-5-17(13-16)26-20(31-2)22-23-24-26/h3-7,12-13H,8-11H2,1-2H3,(H,21,27). The van der Waals surface area contributed by atoms with Gasteiger partial charge in [-0.15, -0.1) is 5.10 Å². The van der Waals surface area contributed by atoms with Crippen molar-refractivity contribution in [2.45, 2.75) is 17.0 Å². The van der Waals surface area contributed by atoms with Crippen LogP contribution < -0.4 is 5.32 Å². The van der Waals surface area contributed by atoms with Crippen molar-refractivity contribution in [1.29, 1.82) is 0 Å². The lowest BCUT2D eigenvalue weighted by molar-refractivity contribution is 0.0730. The quantitative estimate of drug-likeness (QED) is 0.539. The van der Waals surface area contributed by atoms with Gasteiger partial charge in [-0.3, -0.25) is 4.79 Å². The number of aromatic nitrogens is 4. The van der Waals surface area contributed by atoms with Gasteiger partial charge in [-0.25, -0.2) is 8.42 Å². The molecule has 1 fully saturated rings. The fraction of sp³-hybridized carbons (Fsp3) is 0.300. The Morgan fingerprint density at radius 1 is 1.16 bits per heavy atom. The first-order chi connectivity index (χ1) is 15.4. The molecule has 168 valence electrons. The van der Waals surface area contributed by atoms with E-state index in [-0.39, 0.29) is 10.5 Å². The summed E-state index contributed by atoms with van der Waals surface area (Å²) in [6, 6.07) is 11.8. The number of sulfonamides is 1. The number of carbonyl (C=O) groups excluding carboxylic acids is 1. The maximum atomic E-state index is 13.1. The summed E-state index contributed by atoms with van der Waals surface area (Å²) in [7, 11) is -3.72. The van der Waals surface area contributed by atoms with Gasteiger partial charge in [-0.2, -0.15) is 8.99 Å². The number of nitrogens with one attached hydrogen (secondary N) is 1. The average Bonchev–Trinajstić information content (AvgIpc) is 3.29. The van der Waals surface area contributed by atoms with Crippen molar-refractivity contribution in [1.82, 2.24) is 24.5 Å². The second-order valence-corrected chi connectivity index (χ2v) is 9.76. The van der Waals surface area contributed by atoms with Crippen LogP contribution in [0.25, 0.3) is 5.69 Å². The van der Waals surface area contributed by atoms with Gasteiger partial charge in [0.1, 0.15) is 0 Å². The van der Waals surface area contributed by atoms with Crippen LogP contribution in [0.1, 0.15) is 15.9 Å². The molecule has 0 bridgehead atoms. The molecule has 1 saturated heterocycles. The molecule has 0 saturated carbocycles. The third-order valence-corrected chi connectivity index (χ3v) is 7.67. The smallest absolute Gasteiger partial charge is 0.255 e. The Bertz CT molecular complexity index is 1240. The van der Waals surface area contributed by atoms with Crippen LogP contribution in [0.2, 0.25) is 0 Å². The van der Waals surface area contributed by atoms with E-state index in [4.69, 9.17) is 4.74 Å². The number of hydrogen-bond donors (Lipinski definition) is 1. The third-order valence-electron chi connectivity index (χ3n) is 5.01. The molecule has 12 heteroatoms. The number of thioether (sulfide) groups is 1. The number of ether oxygens (including phenoxy) is 1. The summed E-state index contributed by atoms with van der Waals surface area (Å²) >= 11 is 1.40. The summed E-state index contributed by atoms with van der Waals surface area (Å²) in [6.07, 6.45) is 1.87. The monoisotopic (exact) mass is 474 g/mol. The predicted molar refractivity (Wildman–Crippen MR) is 120 cm³/mol. The third kappa shape index (κ3) is 4.53. The molecule has 32 heavy (non-hydrogen) atoms. The van der Waals surface area contributed by atoms with Gasteiger partial charge in [0.2, 0.25) is 15.2 Å². The highest BCUT2D eigenvalue weighted by molar-refractivity contribution is 7.98. The highest BCUT2D eigenvalue weighted by Gasteiger charge is 2.28. The first-order valence-electron chi connectivity index (χ1n) is 9.83. The molecule has 1 aliphatic heterocycles. The minimum atomic E-state index is -3.72. The largest absolute Gasteiger partial charge is 0.379 e. The normalized spacial score (nSPS) is 14.9. The summed E-state index contributed by atoms with van der Waals surface area (Å²) in [4.78, 5) is 13.0. The Morgan fingerprint density at radius 3 is 2.69 bits per heavy atom. The molecule has 2 heterocycles. The van der Waals surface area contributed by atoms with Crippen LogP contribution in [-0.2, 0) is 14.8 Å². The number of tetrazole rings is 1. The van der Waals surface area contributed by atoms with Gasteiger partial charge in [-0.1, -0.05) is 23.9 Å². The van der Waals surface area contributed by atoms with Crippen LogP contribution in [0.3, 0.4) is 0 Å². The molecule has 1 aliphatic rings. The van der Waals surface area contributed by atoms with E-state index in [1.807, 2.05) is 12.3 Å². The van der Waals surface area contributed by atoms with E-state index in [1.54, 1.807) is 41.9 Å². The number of rotatable bonds is 6. The Morgan fingerprint density at radius 2 is 1.94 bits per heavy atom. The van der Waals surface area contributed by atoms with Crippen molar-refractivity contribution in [3.8, 4) is 5.69 Å². The lowest BCUT2D eigenvalue weighted by atomic mass is 10.1. The van der Waals surface area contributed by atoms with Crippen LogP contribution >= 0.6 is 11.8 Å². The molecule has 0 unspecified atom stereocenters. The van der Waals surface area contributed by atoms with Gasteiger partial charge in [0.25, 0.3) is 5.91 Å². The van der Waals surface area contributed by atoms with Gasteiger partial charge in [0.05, 0.1) is 23.8 Å². The molecule has 3 aromatic rings. The second-order valence-electron chi connectivity index (χ2n) is 7.08. The Kier molecular flexibility index (Phi) is 6.55. The second kappa shape index (κ2) is 9.36. The molecule has 4 rings (SSSR count). The number of carbonyl (C=O) groups is 1. The van der Waals surface area contributed by atoms with Gasteiger partial charge in [0, 0.05) is 24.3 Å². The van der Waals surface area contributed by atoms with E-state index in [2.05, 4.69) is 20.8 Å². The number of amides is 1. The van der Waals surface area contributed by atoms with Crippen molar-refractivity contribution >= 4 is 33.4 Å². The lowest BCUT2D eigenvalue weighted by Gasteiger charge is -2.26. The van der Waals surface area contributed by atoms with E-state index in [9.17, 15) is 13.2 Å². The molecule has 1 amide bonds. The fourth-order valence-electron chi connectivity index (χ4n) is 3.33. The number of nitrogens with zero attached hydrogens (tertiary/aromatic N) is 5. The van der Waals surface area contributed by atoms with E-state index in [1.165, 1.54) is 22.1 Å². The van der Waals surface area contributed by atoms with E-state index >= 15 is 0 Å². The molecule has 0 radical (unpaired) electrons. The van der Waals surface area contributed by atoms with Crippen molar-refractivity contribution in [2.75, 3.05) is 37.9 Å². The van der Waals surface area contributed by atoms with E-state index in [0.717, 1.165) is 0 Å². The van der Waals surface area contributed by atoms with Crippen molar-refractivity contribution < 1.29 is 17.9 Å². The van der Waals surface area contributed by atoms with Gasteiger partial charge >= 0.3 is 0 Å². The molecule has 1 N–H and O–H groups in total. The van der Waals surface area contributed by atoms with E-state index < -0.39 is 15.9 Å². The topological polar surface area (TPSA) is 119 Å². The van der Waals surface area contributed by atoms with E-state index in [0.29, 0.717) is 48.4 Å². The van der Waals surface area contributed by atoms with Crippen LogP contribution in [0, 0.1) is 6.92 Å². The molecule has 1 aromatic heterocycles. The van der Waals surface area contributed by atoms with Crippen LogP contribution in [0.5, 0.6) is 0 Å². The highest BCUT2D eigenvalue weighted by Crippen LogP contribution is 2.24. The van der Waals surface area contributed by atoms with Crippen molar-refractivity contribution in [2.24, 2.45) is 0 Å². The summed E-state index contributed by atoms with van der Waals surface area (Å²) in [5, 5.41) is 15.0. The van der Waals surface area contributed by atoms with Gasteiger partial charge in [-0.05, 0) is 59.5 Å². The zero-order valence-electron chi connectivity index (χ0n) is 17.6. The fourth-order valence-corrected chi connectivity index (χ4v) is 5.42. The molecular formula is C20H22N6O4S2. The van der Waals surface area contributed by atoms with Crippen LogP contribution in [-0.4, -0.2) is 71.4 Å². The number of anilines is 1. The van der Waals surface area contributed by atoms with Crippen molar-refractivity contribution in [3.05, 3.63) is 53.6 Å². The number of morpholine rings is 1. The molecule has 0 atom stereocenters. The Labute approximate surface area is 190 Å².